The quantitative estimate of drug-likeness (QED) is 0.736. The summed E-state index contributed by atoms with van der Waals surface area (Å²) in [5.74, 6) is 0. The molecule has 1 atom stereocenters. The zero-order valence-electron chi connectivity index (χ0n) is 11.2. The van der Waals surface area contributed by atoms with Crippen molar-refractivity contribution in [1.82, 2.24) is 5.32 Å². The van der Waals surface area contributed by atoms with Crippen molar-refractivity contribution in [2.45, 2.75) is 64.3 Å². The molecule has 17 heavy (non-hydrogen) atoms. The van der Waals surface area contributed by atoms with Crippen molar-refractivity contribution in [3.05, 3.63) is 21.4 Å². The molecule has 1 aromatic heterocycles. The standard InChI is InChI=1S/C15H25NS/c1-3-4-5-9-13(16-2)15-11-12-8-6-7-10-14(12)17-15/h11,13,16H,3-10H2,1-2H3. The predicted octanol–water partition coefficient (Wildman–Crippen LogP) is 4.47. The van der Waals surface area contributed by atoms with E-state index in [-0.39, 0.29) is 0 Å². The molecular formula is C15H25NS. The van der Waals surface area contributed by atoms with E-state index < -0.39 is 0 Å². The maximum Gasteiger partial charge on any atom is 0.0412 e. The third-order valence-electron chi connectivity index (χ3n) is 3.80. The molecule has 1 heterocycles. The molecule has 1 aliphatic rings. The van der Waals surface area contributed by atoms with Gasteiger partial charge in [0.25, 0.3) is 0 Å². The Kier molecular flexibility index (Phi) is 5.05. The second-order valence-electron chi connectivity index (χ2n) is 5.14. The van der Waals surface area contributed by atoms with Gasteiger partial charge in [-0.2, -0.15) is 0 Å². The average Bonchev–Trinajstić information content (AvgIpc) is 2.78. The first kappa shape index (κ1) is 13.1. The van der Waals surface area contributed by atoms with Crippen LogP contribution in [-0.4, -0.2) is 7.05 Å². The minimum absolute atomic E-state index is 0.595. The Balaban J connectivity index is 2.00. The maximum absolute atomic E-state index is 3.50. The number of unbranched alkanes of at least 4 members (excludes halogenated alkanes) is 2. The molecule has 0 aromatic carbocycles. The fourth-order valence-corrected chi connectivity index (χ4v) is 4.11. The lowest BCUT2D eigenvalue weighted by molar-refractivity contribution is 0.518. The molecule has 1 aromatic rings. The number of hydrogen-bond acceptors (Lipinski definition) is 2. The van der Waals surface area contributed by atoms with Crippen LogP contribution in [0.2, 0.25) is 0 Å². The number of aryl methyl sites for hydroxylation is 2. The van der Waals surface area contributed by atoms with E-state index in [1.807, 2.05) is 0 Å². The Labute approximate surface area is 110 Å². The van der Waals surface area contributed by atoms with Crippen molar-refractivity contribution >= 4 is 11.3 Å². The van der Waals surface area contributed by atoms with Crippen LogP contribution < -0.4 is 5.32 Å². The SMILES string of the molecule is CCCCCC(NC)c1cc2c(s1)CCCC2. The summed E-state index contributed by atoms with van der Waals surface area (Å²) in [6.07, 6.45) is 10.8. The molecule has 1 aliphatic carbocycles. The molecule has 0 aliphatic heterocycles. The summed E-state index contributed by atoms with van der Waals surface area (Å²) >= 11 is 2.06. The van der Waals surface area contributed by atoms with Crippen LogP contribution in [0.15, 0.2) is 6.07 Å². The Hall–Kier alpha value is -0.340. The summed E-state index contributed by atoms with van der Waals surface area (Å²) in [4.78, 5) is 3.25. The van der Waals surface area contributed by atoms with E-state index in [4.69, 9.17) is 0 Å². The molecular weight excluding hydrogens is 226 g/mol. The van der Waals surface area contributed by atoms with Crippen molar-refractivity contribution < 1.29 is 0 Å². The first-order valence-electron chi connectivity index (χ1n) is 7.14. The van der Waals surface area contributed by atoms with Crippen LogP contribution >= 0.6 is 11.3 Å². The lowest BCUT2D eigenvalue weighted by Crippen LogP contribution is -2.14. The predicted molar refractivity (Wildman–Crippen MR) is 76.9 cm³/mol. The van der Waals surface area contributed by atoms with E-state index >= 15 is 0 Å². The van der Waals surface area contributed by atoms with Crippen molar-refractivity contribution in [1.29, 1.82) is 0 Å². The zero-order valence-corrected chi connectivity index (χ0v) is 12.0. The van der Waals surface area contributed by atoms with Gasteiger partial charge in [0.05, 0.1) is 0 Å². The average molecular weight is 251 g/mol. The summed E-state index contributed by atoms with van der Waals surface area (Å²) in [5.41, 5.74) is 1.65. The van der Waals surface area contributed by atoms with Crippen LogP contribution in [0.4, 0.5) is 0 Å². The van der Waals surface area contributed by atoms with Crippen LogP contribution in [-0.2, 0) is 12.8 Å². The first-order valence-corrected chi connectivity index (χ1v) is 7.95. The van der Waals surface area contributed by atoms with Gasteiger partial charge in [0.15, 0.2) is 0 Å². The number of nitrogens with one attached hydrogen (secondary N) is 1. The third kappa shape index (κ3) is 3.32. The monoisotopic (exact) mass is 251 g/mol. The van der Waals surface area contributed by atoms with E-state index in [0.717, 1.165) is 0 Å². The van der Waals surface area contributed by atoms with Gasteiger partial charge in [0.1, 0.15) is 0 Å². The maximum atomic E-state index is 3.50. The Bertz CT molecular complexity index is 319. The summed E-state index contributed by atoms with van der Waals surface area (Å²) in [6, 6.07) is 3.07. The Morgan fingerprint density at radius 2 is 2.12 bits per heavy atom. The number of fused-ring (bicyclic) bond motifs is 1. The highest BCUT2D eigenvalue weighted by Crippen LogP contribution is 2.34. The van der Waals surface area contributed by atoms with Gasteiger partial charge in [0.2, 0.25) is 0 Å². The Morgan fingerprint density at radius 1 is 1.29 bits per heavy atom. The molecule has 1 nitrogen and oxygen atoms in total. The zero-order chi connectivity index (χ0) is 12.1. The second-order valence-corrected chi connectivity index (χ2v) is 6.31. The molecule has 96 valence electrons. The Morgan fingerprint density at radius 3 is 2.82 bits per heavy atom. The molecule has 0 saturated carbocycles. The summed E-state index contributed by atoms with van der Waals surface area (Å²) < 4.78 is 0. The van der Waals surface area contributed by atoms with Crippen molar-refractivity contribution in [2.75, 3.05) is 7.05 Å². The smallest absolute Gasteiger partial charge is 0.0412 e. The number of hydrogen-bond donors (Lipinski definition) is 1. The van der Waals surface area contributed by atoms with Crippen molar-refractivity contribution in [3.8, 4) is 0 Å². The fraction of sp³-hybridized carbons (Fsp3) is 0.733. The minimum Gasteiger partial charge on any atom is -0.312 e. The summed E-state index contributed by atoms with van der Waals surface area (Å²) in [7, 11) is 2.11. The van der Waals surface area contributed by atoms with Gasteiger partial charge < -0.3 is 5.32 Å². The molecule has 0 radical (unpaired) electrons. The van der Waals surface area contributed by atoms with Gasteiger partial charge in [0, 0.05) is 15.8 Å². The molecule has 0 amide bonds. The van der Waals surface area contributed by atoms with E-state index in [2.05, 4.69) is 36.7 Å². The summed E-state index contributed by atoms with van der Waals surface area (Å²) in [5, 5.41) is 3.50. The third-order valence-corrected chi connectivity index (χ3v) is 5.15. The number of rotatable bonds is 6. The highest BCUT2D eigenvalue weighted by atomic mass is 32.1. The molecule has 1 N–H and O–H groups in total. The largest absolute Gasteiger partial charge is 0.312 e. The van der Waals surface area contributed by atoms with E-state index in [0.29, 0.717) is 6.04 Å². The van der Waals surface area contributed by atoms with E-state index in [1.54, 1.807) is 15.3 Å². The lowest BCUT2D eigenvalue weighted by atomic mass is 9.98. The molecule has 1 unspecified atom stereocenters. The van der Waals surface area contributed by atoms with Gasteiger partial charge in [-0.3, -0.25) is 0 Å². The molecule has 2 rings (SSSR count). The van der Waals surface area contributed by atoms with Crippen LogP contribution in [0, 0.1) is 0 Å². The topological polar surface area (TPSA) is 12.0 Å². The van der Waals surface area contributed by atoms with Gasteiger partial charge in [-0.05, 0) is 50.8 Å². The van der Waals surface area contributed by atoms with Gasteiger partial charge >= 0.3 is 0 Å². The van der Waals surface area contributed by atoms with E-state index in [9.17, 15) is 0 Å². The minimum atomic E-state index is 0.595. The summed E-state index contributed by atoms with van der Waals surface area (Å²) in [6.45, 7) is 2.28. The molecule has 0 saturated heterocycles. The highest BCUT2D eigenvalue weighted by Gasteiger charge is 2.17. The van der Waals surface area contributed by atoms with Crippen LogP contribution in [0.25, 0.3) is 0 Å². The van der Waals surface area contributed by atoms with Crippen LogP contribution in [0.3, 0.4) is 0 Å². The van der Waals surface area contributed by atoms with Crippen molar-refractivity contribution in [2.24, 2.45) is 0 Å². The normalized spacial score (nSPS) is 16.8. The molecule has 2 heteroatoms. The van der Waals surface area contributed by atoms with Gasteiger partial charge in [-0.15, -0.1) is 11.3 Å². The highest BCUT2D eigenvalue weighted by molar-refractivity contribution is 7.12. The first-order chi connectivity index (χ1) is 8.35. The molecule has 0 bridgehead atoms. The van der Waals surface area contributed by atoms with Gasteiger partial charge in [-0.25, -0.2) is 0 Å². The second kappa shape index (κ2) is 6.55. The van der Waals surface area contributed by atoms with Gasteiger partial charge in [-0.1, -0.05) is 26.2 Å². The number of thiophene rings is 1. The molecule has 0 fully saturated rings. The van der Waals surface area contributed by atoms with E-state index in [1.165, 1.54) is 51.4 Å². The van der Waals surface area contributed by atoms with Crippen LogP contribution in [0.5, 0.6) is 0 Å². The lowest BCUT2D eigenvalue weighted by Gasteiger charge is -2.13. The van der Waals surface area contributed by atoms with Crippen LogP contribution in [0.1, 0.15) is 66.8 Å². The molecule has 0 spiro atoms. The van der Waals surface area contributed by atoms with Crippen molar-refractivity contribution in [3.63, 3.8) is 0 Å². The fourth-order valence-electron chi connectivity index (χ4n) is 2.71.